The van der Waals surface area contributed by atoms with Crippen LogP contribution in [0.4, 0.5) is 5.69 Å². The summed E-state index contributed by atoms with van der Waals surface area (Å²) in [6.45, 7) is 6.43. The summed E-state index contributed by atoms with van der Waals surface area (Å²) < 4.78 is 5.33. The van der Waals surface area contributed by atoms with Crippen molar-refractivity contribution in [3.05, 3.63) is 30.3 Å². The number of esters is 1. The molecule has 1 saturated heterocycles. The largest absolute Gasteiger partial charge is 0.458 e. The van der Waals surface area contributed by atoms with Crippen LogP contribution in [-0.2, 0) is 9.53 Å². The highest BCUT2D eigenvalue weighted by Crippen LogP contribution is 2.29. The van der Waals surface area contributed by atoms with Crippen LogP contribution in [-0.4, -0.2) is 24.2 Å². The van der Waals surface area contributed by atoms with Crippen LogP contribution in [0.25, 0.3) is 0 Å². The van der Waals surface area contributed by atoms with Gasteiger partial charge in [-0.15, -0.1) is 0 Å². The predicted molar refractivity (Wildman–Crippen MR) is 63.4 cm³/mol. The second kappa shape index (κ2) is 3.81. The van der Waals surface area contributed by atoms with Crippen molar-refractivity contribution in [1.29, 1.82) is 0 Å². The molecule has 16 heavy (non-hydrogen) atoms. The van der Waals surface area contributed by atoms with Gasteiger partial charge in [0.25, 0.3) is 0 Å². The summed E-state index contributed by atoms with van der Waals surface area (Å²) in [5.41, 5.74) is 0.681. The van der Waals surface area contributed by atoms with Crippen LogP contribution in [0, 0.1) is 0 Å². The fourth-order valence-electron chi connectivity index (χ4n) is 1.62. The van der Waals surface area contributed by atoms with Gasteiger partial charge in [0.2, 0.25) is 0 Å². The molecule has 1 aliphatic heterocycles. The van der Waals surface area contributed by atoms with Gasteiger partial charge in [0, 0.05) is 5.69 Å². The van der Waals surface area contributed by atoms with Crippen molar-refractivity contribution < 1.29 is 9.53 Å². The molecule has 3 nitrogen and oxygen atoms in total. The van der Waals surface area contributed by atoms with Gasteiger partial charge in [-0.25, -0.2) is 4.79 Å². The SMILES string of the molecule is CC(C)(C)OC(=O)[C@@H]1CN1c1ccccc1. The molecule has 86 valence electrons. The van der Waals surface area contributed by atoms with Crippen LogP contribution in [0.15, 0.2) is 30.3 Å². The van der Waals surface area contributed by atoms with E-state index in [4.69, 9.17) is 4.74 Å². The lowest BCUT2D eigenvalue weighted by atomic mass is 10.2. The third-order valence-corrected chi connectivity index (χ3v) is 2.38. The summed E-state index contributed by atoms with van der Waals surface area (Å²) in [5, 5.41) is 0. The molecule has 1 heterocycles. The zero-order valence-corrected chi connectivity index (χ0v) is 9.93. The number of carbonyl (C=O) groups is 1. The average Bonchev–Trinajstić information content (AvgIpc) is 2.96. The lowest BCUT2D eigenvalue weighted by Crippen LogP contribution is -2.28. The molecule has 0 saturated carbocycles. The van der Waals surface area contributed by atoms with E-state index in [0.717, 1.165) is 12.2 Å². The molecule has 0 spiro atoms. The monoisotopic (exact) mass is 219 g/mol. The number of ether oxygens (including phenoxy) is 1. The molecule has 0 aliphatic carbocycles. The molecule has 1 aromatic rings. The fraction of sp³-hybridized carbons (Fsp3) is 0.462. The summed E-state index contributed by atoms with van der Waals surface area (Å²) >= 11 is 0. The van der Waals surface area contributed by atoms with E-state index in [1.165, 1.54) is 0 Å². The van der Waals surface area contributed by atoms with Gasteiger partial charge in [-0.05, 0) is 32.9 Å². The van der Waals surface area contributed by atoms with Crippen molar-refractivity contribution in [3.8, 4) is 0 Å². The Balaban J connectivity index is 1.95. The van der Waals surface area contributed by atoms with Gasteiger partial charge in [0.1, 0.15) is 11.6 Å². The molecular formula is C13H17NO2. The predicted octanol–water partition coefficient (Wildman–Crippen LogP) is 2.22. The van der Waals surface area contributed by atoms with E-state index < -0.39 is 5.60 Å². The van der Waals surface area contributed by atoms with Gasteiger partial charge >= 0.3 is 5.97 Å². The standard InChI is InChI=1S/C13H17NO2/c1-13(2,3)16-12(15)11-9-14(11)10-7-5-4-6-8-10/h4-8,11H,9H2,1-3H3/t11-,14?/m0/s1. The first-order valence-electron chi connectivity index (χ1n) is 5.52. The summed E-state index contributed by atoms with van der Waals surface area (Å²) in [6, 6.07) is 9.82. The van der Waals surface area contributed by atoms with E-state index in [1.807, 2.05) is 56.0 Å². The van der Waals surface area contributed by atoms with E-state index in [9.17, 15) is 4.79 Å². The van der Waals surface area contributed by atoms with Crippen LogP contribution < -0.4 is 4.90 Å². The fourth-order valence-corrected chi connectivity index (χ4v) is 1.62. The van der Waals surface area contributed by atoms with E-state index >= 15 is 0 Å². The molecule has 0 unspecified atom stereocenters. The van der Waals surface area contributed by atoms with E-state index in [1.54, 1.807) is 0 Å². The van der Waals surface area contributed by atoms with Crippen molar-refractivity contribution in [2.45, 2.75) is 32.4 Å². The Hall–Kier alpha value is -1.51. The molecule has 0 amide bonds. The third kappa shape index (κ3) is 2.54. The minimum atomic E-state index is -0.401. The van der Waals surface area contributed by atoms with Gasteiger partial charge in [-0.2, -0.15) is 0 Å². The third-order valence-electron chi connectivity index (χ3n) is 2.38. The first-order valence-corrected chi connectivity index (χ1v) is 5.52. The molecule has 1 aliphatic rings. The molecule has 0 bridgehead atoms. The number of hydrogen-bond donors (Lipinski definition) is 0. The lowest BCUT2D eigenvalue weighted by Gasteiger charge is -2.19. The molecule has 0 aromatic heterocycles. The topological polar surface area (TPSA) is 29.3 Å². The molecule has 0 N–H and O–H groups in total. The molecular weight excluding hydrogens is 202 g/mol. The molecule has 2 rings (SSSR count). The van der Waals surface area contributed by atoms with Crippen molar-refractivity contribution in [1.82, 2.24) is 0 Å². The average molecular weight is 219 g/mol. The van der Waals surface area contributed by atoms with E-state index in [0.29, 0.717) is 0 Å². The second-order valence-electron chi connectivity index (χ2n) is 5.04. The Morgan fingerprint density at radius 3 is 2.50 bits per heavy atom. The lowest BCUT2D eigenvalue weighted by molar-refractivity contribution is -0.153. The smallest absolute Gasteiger partial charge is 0.331 e. The van der Waals surface area contributed by atoms with Crippen LogP contribution in [0.3, 0.4) is 0 Å². The maximum atomic E-state index is 11.7. The normalized spacial score (nSPS) is 19.4. The van der Waals surface area contributed by atoms with Crippen LogP contribution in [0.5, 0.6) is 0 Å². The summed E-state index contributed by atoms with van der Waals surface area (Å²) in [6.07, 6.45) is 0. The molecule has 3 heteroatoms. The van der Waals surface area contributed by atoms with Gasteiger partial charge < -0.3 is 9.64 Å². The molecule has 1 aromatic carbocycles. The van der Waals surface area contributed by atoms with Crippen molar-refractivity contribution in [2.75, 3.05) is 11.4 Å². The number of nitrogens with zero attached hydrogens (tertiary/aromatic N) is 1. The first-order chi connectivity index (χ1) is 7.47. The molecule has 1 fully saturated rings. The Labute approximate surface area is 96.0 Å². The number of para-hydroxylation sites is 1. The number of hydrogen-bond acceptors (Lipinski definition) is 3. The second-order valence-corrected chi connectivity index (χ2v) is 5.04. The first kappa shape index (κ1) is 11.0. The van der Waals surface area contributed by atoms with Gasteiger partial charge in [-0.3, -0.25) is 0 Å². The van der Waals surface area contributed by atoms with Gasteiger partial charge in [0.15, 0.2) is 0 Å². The molecule has 1 atom stereocenters. The zero-order valence-electron chi connectivity index (χ0n) is 9.93. The Morgan fingerprint density at radius 1 is 1.31 bits per heavy atom. The van der Waals surface area contributed by atoms with E-state index in [2.05, 4.69) is 0 Å². The summed E-state index contributed by atoms with van der Waals surface area (Å²) in [7, 11) is 0. The minimum Gasteiger partial charge on any atom is -0.458 e. The number of carbonyl (C=O) groups excluding carboxylic acids is 1. The number of rotatable bonds is 2. The van der Waals surface area contributed by atoms with Crippen molar-refractivity contribution >= 4 is 11.7 Å². The maximum absolute atomic E-state index is 11.7. The highest BCUT2D eigenvalue weighted by atomic mass is 16.6. The summed E-state index contributed by atoms with van der Waals surface area (Å²) in [5.74, 6) is -0.128. The highest BCUT2D eigenvalue weighted by molar-refractivity contribution is 5.86. The van der Waals surface area contributed by atoms with E-state index in [-0.39, 0.29) is 12.0 Å². The van der Waals surface area contributed by atoms with Gasteiger partial charge in [-0.1, -0.05) is 18.2 Å². The minimum absolute atomic E-state index is 0.0957. The van der Waals surface area contributed by atoms with Crippen molar-refractivity contribution in [2.24, 2.45) is 0 Å². The Morgan fingerprint density at radius 2 is 1.94 bits per heavy atom. The highest BCUT2D eigenvalue weighted by Gasteiger charge is 2.43. The summed E-state index contributed by atoms with van der Waals surface area (Å²) in [4.78, 5) is 13.8. The van der Waals surface area contributed by atoms with Crippen LogP contribution >= 0.6 is 0 Å². The number of anilines is 1. The quantitative estimate of drug-likeness (QED) is 0.564. The maximum Gasteiger partial charge on any atom is 0.331 e. The Bertz CT molecular complexity index is 381. The zero-order chi connectivity index (χ0) is 11.8. The molecule has 0 radical (unpaired) electrons. The Kier molecular flexibility index (Phi) is 2.62. The van der Waals surface area contributed by atoms with Crippen LogP contribution in [0.1, 0.15) is 20.8 Å². The van der Waals surface area contributed by atoms with Gasteiger partial charge in [0.05, 0.1) is 6.54 Å². The van der Waals surface area contributed by atoms with Crippen LogP contribution in [0.2, 0.25) is 0 Å². The number of benzene rings is 1. The van der Waals surface area contributed by atoms with Crippen molar-refractivity contribution in [3.63, 3.8) is 0 Å².